The van der Waals surface area contributed by atoms with Gasteiger partial charge in [-0.3, -0.25) is 4.79 Å². The van der Waals surface area contributed by atoms with E-state index >= 15 is 0 Å². The van der Waals surface area contributed by atoms with Gasteiger partial charge in [0.15, 0.2) is 0 Å². The van der Waals surface area contributed by atoms with E-state index in [2.05, 4.69) is 69.4 Å². The van der Waals surface area contributed by atoms with Crippen LogP contribution in [0.25, 0.3) is 0 Å². The minimum absolute atomic E-state index is 0.0428. The van der Waals surface area contributed by atoms with Crippen molar-refractivity contribution in [3.63, 3.8) is 0 Å². The summed E-state index contributed by atoms with van der Waals surface area (Å²) in [5.41, 5.74) is 0. The van der Waals surface area contributed by atoms with Gasteiger partial charge in [-0.2, -0.15) is 0 Å². The van der Waals surface area contributed by atoms with Gasteiger partial charge < -0.3 is 4.74 Å². The molecule has 46 heavy (non-hydrogen) atoms. The summed E-state index contributed by atoms with van der Waals surface area (Å²) >= 11 is 0. The van der Waals surface area contributed by atoms with Gasteiger partial charge in [-0.25, -0.2) is 0 Å². The summed E-state index contributed by atoms with van der Waals surface area (Å²) in [7, 11) is 0. The van der Waals surface area contributed by atoms with E-state index in [1.807, 2.05) is 0 Å². The van der Waals surface area contributed by atoms with Crippen LogP contribution in [0.3, 0.4) is 0 Å². The third-order valence-corrected chi connectivity index (χ3v) is 8.99. The van der Waals surface area contributed by atoms with E-state index in [-0.39, 0.29) is 12.1 Å². The van der Waals surface area contributed by atoms with E-state index < -0.39 is 0 Å². The Labute approximate surface area is 289 Å². The zero-order valence-electron chi connectivity index (χ0n) is 31.4. The van der Waals surface area contributed by atoms with E-state index in [9.17, 15) is 4.79 Å². The van der Waals surface area contributed by atoms with Crippen LogP contribution in [-0.4, -0.2) is 12.1 Å². The van der Waals surface area contributed by atoms with Gasteiger partial charge in [0.2, 0.25) is 0 Å². The van der Waals surface area contributed by atoms with Gasteiger partial charge in [-0.1, -0.05) is 166 Å². The summed E-state index contributed by atoms with van der Waals surface area (Å²) in [5, 5.41) is 0. The lowest BCUT2D eigenvalue weighted by Gasteiger charge is -2.18. The molecule has 0 rings (SSSR count). The summed E-state index contributed by atoms with van der Waals surface area (Å²) < 4.78 is 6.02. The average Bonchev–Trinajstić information content (AvgIpc) is 3.06. The number of carbonyl (C=O) groups is 1. The summed E-state index contributed by atoms with van der Waals surface area (Å²) in [6.45, 7) is 6.74. The number of hydrogen-bond acceptors (Lipinski definition) is 2. The fraction of sp³-hybridized carbons (Fsp3) is 0.795. The van der Waals surface area contributed by atoms with Crippen molar-refractivity contribution in [2.75, 3.05) is 0 Å². The molecule has 0 spiro atoms. The van der Waals surface area contributed by atoms with Crippen molar-refractivity contribution in [3.8, 4) is 0 Å². The predicted molar refractivity (Wildman–Crippen MR) is 207 cm³/mol. The Bertz CT molecular complexity index is 667. The van der Waals surface area contributed by atoms with Gasteiger partial charge in [-0.05, 0) is 96.3 Å². The molecule has 0 bridgehead atoms. The fourth-order valence-electron chi connectivity index (χ4n) is 5.92. The van der Waals surface area contributed by atoms with Crippen LogP contribution in [0.2, 0.25) is 0 Å². The number of hydrogen-bond donors (Lipinski definition) is 0. The Morgan fingerprint density at radius 1 is 0.413 bits per heavy atom. The molecule has 0 aromatic rings. The van der Waals surface area contributed by atoms with Crippen LogP contribution in [0.5, 0.6) is 0 Å². The Hall–Kier alpha value is -1.57. The number of rotatable bonds is 36. The second-order valence-electron chi connectivity index (χ2n) is 13.7. The van der Waals surface area contributed by atoms with Gasteiger partial charge in [-0.15, -0.1) is 0 Å². The zero-order valence-corrected chi connectivity index (χ0v) is 31.4. The molecule has 0 aliphatic heterocycles. The maximum atomic E-state index is 12.5. The molecule has 0 amide bonds. The topological polar surface area (TPSA) is 26.3 Å². The fourth-order valence-corrected chi connectivity index (χ4v) is 5.92. The monoisotopic (exact) mass is 641 g/mol. The molecule has 0 heterocycles. The maximum absolute atomic E-state index is 12.5. The van der Waals surface area contributed by atoms with Crippen LogP contribution < -0.4 is 0 Å². The minimum atomic E-state index is 0.0428. The van der Waals surface area contributed by atoms with E-state index in [0.717, 1.165) is 38.5 Å². The molecule has 0 saturated heterocycles. The van der Waals surface area contributed by atoms with Crippen LogP contribution >= 0.6 is 0 Å². The van der Waals surface area contributed by atoms with Crippen molar-refractivity contribution in [2.24, 2.45) is 0 Å². The molecular weight excluding hydrogens is 560 g/mol. The second-order valence-corrected chi connectivity index (χ2v) is 13.7. The lowest BCUT2D eigenvalue weighted by Crippen LogP contribution is -2.18. The largest absolute Gasteiger partial charge is 0.462 e. The molecule has 0 N–H and O–H groups in total. The van der Waals surface area contributed by atoms with Crippen molar-refractivity contribution in [2.45, 2.75) is 226 Å². The summed E-state index contributed by atoms with van der Waals surface area (Å²) in [4.78, 5) is 12.5. The van der Waals surface area contributed by atoms with E-state index in [1.165, 1.54) is 154 Å². The molecule has 268 valence electrons. The number of carbonyl (C=O) groups excluding carboxylic acids is 1. The quantitative estimate of drug-likeness (QED) is 0.0387. The molecule has 0 unspecified atom stereocenters. The Morgan fingerprint density at radius 2 is 0.739 bits per heavy atom. The van der Waals surface area contributed by atoms with Gasteiger partial charge in [0.05, 0.1) is 0 Å². The molecule has 0 atom stereocenters. The highest BCUT2D eigenvalue weighted by atomic mass is 16.5. The van der Waals surface area contributed by atoms with Crippen molar-refractivity contribution < 1.29 is 9.53 Å². The summed E-state index contributed by atoms with van der Waals surface area (Å²) in [6, 6.07) is 0. The third-order valence-electron chi connectivity index (χ3n) is 8.99. The Balaban J connectivity index is 4.00. The lowest BCUT2D eigenvalue weighted by atomic mass is 10.0. The Kier molecular flexibility index (Phi) is 38.3. The van der Waals surface area contributed by atoms with Crippen molar-refractivity contribution in [3.05, 3.63) is 48.6 Å². The highest BCUT2D eigenvalue weighted by Crippen LogP contribution is 2.18. The van der Waals surface area contributed by atoms with Gasteiger partial charge >= 0.3 is 5.97 Å². The molecule has 2 heteroatoms. The van der Waals surface area contributed by atoms with Crippen LogP contribution in [0.4, 0.5) is 0 Å². The SMILES string of the molecule is CCCCC/C=C\C/C=C\CCCCCCCCC(CCCCCCCC/C=C\C/C=C\CCCCC)OC(=O)CCCCCC. The van der Waals surface area contributed by atoms with Crippen LogP contribution in [0.1, 0.15) is 220 Å². The predicted octanol–water partition coefficient (Wildman–Crippen LogP) is 15.3. The molecule has 0 aliphatic rings. The molecule has 0 aromatic heterocycles. The highest BCUT2D eigenvalue weighted by Gasteiger charge is 2.14. The molecule has 2 nitrogen and oxygen atoms in total. The van der Waals surface area contributed by atoms with E-state index in [4.69, 9.17) is 4.74 Å². The first-order chi connectivity index (χ1) is 22.7. The molecule has 0 aromatic carbocycles. The number of ether oxygens (including phenoxy) is 1. The lowest BCUT2D eigenvalue weighted by molar-refractivity contribution is -0.150. The van der Waals surface area contributed by atoms with Gasteiger partial charge in [0.1, 0.15) is 6.10 Å². The molecule has 0 saturated carbocycles. The normalized spacial score (nSPS) is 12.3. The number of esters is 1. The summed E-state index contributed by atoms with van der Waals surface area (Å²) in [5.74, 6) is 0.0428. The molecule has 0 radical (unpaired) electrons. The highest BCUT2D eigenvalue weighted by molar-refractivity contribution is 5.69. The maximum Gasteiger partial charge on any atom is 0.306 e. The smallest absolute Gasteiger partial charge is 0.306 e. The number of allylic oxidation sites excluding steroid dienone is 8. The third kappa shape index (κ3) is 36.9. The van der Waals surface area contributed by atoms with E-state index in [1.54, 1.807) is 0 Å². The van der Waals surface area contributed by atoms with Crippen molar-refractivity contribution in [1.82, 2.24) is 0 Å². The molecule has 0 fully saturated rings. The number of unbranched alkanes of at least 4 members (excludes halogenated alkanes) is 21. The molecule has 0 aliphatic carbocycles. The first kappa shape index (κ1) is 44.4. The van der Waals surface area contributed by atoms with E-state index in [0.29, 0.717) is 6.42 Å². The minimum Gasteiger partial charge on any atom is -0.462 e. The van der Waals surface area contributed by atoms with Gasteiger partial charge in [0.25, 0.3) is 0 Å². The molecular formula is C44H80O2. The zero-order chi connectivity index (χ0) is 33.4. The van der Waals surface area contributed by atoms with Crippen molar-refractivity contribution >= 4 is 5.97 Å². The summed E-state index contributed by atoms with van der Waals surface area (Å²) in [6.07, 6.45) is 56.7. The first-order valence-corrected chi connectivity index (χ1v) is 20.5. The first-order valence-electron chi connectivity index (χ1n) is 20.5. The van der Waals surface area contributed by atoms with Crippen LogP contribution in [0, 0.1) is 0 Å². The van der Waals surface area contributed by atoms with Crippen LogP contribution in [0.15, 0.2) is 48.6 Å². The average molecular weight is 641 g/mol. The van der Waals surface area contributed by atoms with Crippen molar-refractivity contribution in [1.29, 1.82) is 0 Å². The van der Waals surface area contributed by atoms with Gasteiger partial charge in [0, 0.05) is 6.42 Å². The standard InChI is InChI=1S/C44H80O2/c1-4-7-10-13-15-17-19-21-23-25-27-29-31-33-35-37-40-43(46-44(45)42-39-12-9-6-3)41-38-36-34-32-30-28-26-24-22-20-18-16-14-11-8-5-2/h15-18,21-24,43H,4-14,19-20,25-42H2,1-3H3/b17-15-,18-16-,23-21-,24-22-. The Morgan fingerprint density at radius 3 is 1.15 bits per heavy atom. The van der Waals surface area contributed by atoms with Crippen LogP contribution in [-0.2, 0) is 9.53 Å². The second kappa shape index (κ2) is 39.6.